The van der Waals surface area contributed by atoms with Crippen LogP contribution in [0.1, 0.15) is 36.9 Å². The molecule has 2 amide bonds. The molecule has 7 heteroatoms. The number of carbonyl (C=O) groups is 2. The van der Waals surface area contributed by atoms with E-state index in [0.717, 1.165) is 22.7 Å². The Morgan fingerprint density at radius 3 is 2.55 bits per heavy atom. The zero-order valence-electron chi connectivity index (χ0n) is 16.0. The molecule has 29 heavy (non-hydrogen) atoms. The third-order valence-electron chi connectivity index (χ3n) is 6.73. The standard InChI is InChI=1S/C22H24FN3O3/c23-15-4-1-13(2-5-15)19-14(7-17(25-19)22-8-12(9-22)10-22)3-6-18(28)26-20-16(27)11-24-21(20)29/h1-2,4-5,7,12,16,20,25,27H,3,6,8-11H2,(H,24,29)(H,26,28)/t12?,16-,20+,22?/m1/s1. The van der Waals surface area contributed by atoms with E-state index in [0.29, 0.717) is 6.42 Å². The molecule has 4 aliphatic rings. The molecule has 4 fully saturated rings. The van der Waals surface area contributed by atoms with E-state index in [2.05, 4.69) is 21.7 Å². The summed E-state index contributed by atoms with van der Waals surface area (Å²) in [5.41, 5.74) is 4.30. The highest BCUT2D eigenvalue weighted by atomic mass is 19.1. The van der Waals surface area contributed by atoms with Gasteiger partial charge in [0.2, 0.25) is 11.8 Å². The van der Waals surface area contributed by atoms with Crippen LogP contribution in [0.5, 0.6) is 0 Å². The number of hydrogen-bond donors (Lipinski definition) is 4. The highest BCUT2D eigenvalue weighted by Gasteiger charge is 2.58. The van der Waals surface area contributed by atoms with Gasteiger partial charge in [0.25, 0.3) is 0 Å². The quantitative estimate of drug-likeness (QED) is 0.599. The van der Waals surface area contributed by atoms with Gasteiger partial charge < -0.3 is 20.7 Å². The zero-order chi connectivity index (χ0) is 20.2. The number of aryl methyl sites for hydroxylation is 1. The number of amides is 2. The van der Waals surface area contributed by atoms with E-state index in [4.69, 9.17) is 0 Å². The van der Waals surface area contributed by atoms with Crippen molar-refractivity contribution < 1.29 is 19.1 Å². The molecular weight excluding hydrogens is 373 g/mol. The summed E-state index contributed by atoms with van der Waals surface area (Å²) in [7, 11) is 0. The van der Waals surface area contributed by atoms with E-state index >= 15 is 0 Å². The first-order valence-corrected chi connectivity index (χ1v) is 10.2. The van der Waals surface area contributed by atoms with Crippen LogP contribution in [0.2, 0.25) is 0 Å². The van der Waals surface area contributed by atoms with Crippen molar-refractivity contribution >= 4 is 11.8 Å². The number of hydrogen-bond acceptors (Lipinski definition) is 3. The van der Waals surface area contributed by atoms with Crippen LogP contribution >= 0.6 is 0 Å². The van der Waals surface area contributed by atoms with E-state index in [1.54, 1.807) is 12.1 Å². The molecule has 3 aliphatic carbocycles. The lowest BCUT2D eigenvalue weighted by Gasteiger charge is -2.61. The van der Waals surface area contributed by atoms with Crippen molar-refractivity contribution in [3.8, 4) is 11.3 Å². The molecule has 152 valence electrons. The first-order chi connectivity index (χ1) is 13.9. The largest absolute Gasteiger partial charge is 0.389 e. The fraction of sp³-hybridized carbons (Fsp3) is 0.455. The number of benzene rings is 1. The number of halogens is 1. The summed E-state index contributed by atoms with van der Waals surface area (Å²) in [6.07, 6.45) is 3.45. The van der Waals surface area contributed by atoms with Gasteiger partial charge in [-0.1, -0.05) is 0 Å². The van der Waals surface area contributed by atoms with Crippen molar-refractivity contribution in [3.05, 3.63) is 47.4 Å². The average molecular weight is 397 g/mol. The maximum Gasteiger partial charge on any atom is 0.245 e. The first-order valence-electron chi connectivity index (χ1n) is 10.2. The summed E-state index contributed by atoms with van der Waals surface area (Å²) in [4.78, 5) is 27.6. The van der Waals surface area contributed by atoms with E-state index in [1.807, 2.05) is 0 Å². The van der Waals surface area contributed by atoms with Gasteiger partial charge >= 0.3 is 0 Å². The van der Waals surface area contributed by atoms with Crippen molar-refractivity contribution in [1.29, 1.82) is 0 Å². The van der Waals surface area contributed by atoms with Crippen LogP contribution in [0.3, 0.4) is 0 Å². The van der Waals surface area contributed by atoms with Crippen LogP contribution in [0.4, 0.5) is 4.39 Å². The fourth-order valence-electron chi connectivity index (χ4n) is 4.93. The van der Waals surface area contributed by atoms with E-state index in [9.17, 15) is 19.1 Å². The smallest absolute Gasteiger partial charge is 0.245 e. The first kappa shape index (κ1) is 18.4. The maximum atomic E-state index is 13.4. The van der Waals surface area contributed by atoms with Crippen LogP contribution in [0, 0.1) is 11.7 Å². The molecule has 1 aromatic heterocycles. The molecule has 6 nitrogen and oxygen atoms in total. The van der Waals surface area contributed by atoms with E-state index < -0.39 is 12.1 Å². The molecule has 0 unspecified atom stereocenters. The van der Waals surface area contributed by atoms with Gasteiger partial charge in [0.1, 0.15) is 18.0 Å². The minimum Gasteiger partial charge on any atom is -0.389 e. The Hall–Kier alpha value is -2.67. The fourth-order valence-corrected chi connectivity index (χ4v) is 4.93. The van der Waals surface area contributed by atoms with Gasteiger partial charge in [-0.2, -0.15) is 0 Å². The number of aliphatic hydroxyl groups excluding tert-OH is 1. The topological polar surface area (TPSA) is 94.2 Å². The molecule has 2 bridgehead atoms. The second-order valence-electron chi connectivity index (χ2n) is 8.71. The normalized spacial score (nSPS) is 29.7. The number of H-pyrrole nitrogens is 1. The summed E-state index contributed by atoms with van der Waals surface area (Å²) in [5, 5.41) is 15.0. The summed E-state index contributed by atoms with van der Waals surface area (Å²) in [5.74, 6) is -0.0603. The summed E-state index contributed by atoms with van der Waals surface area (Å²) in [6, 6.07) is 7.63. The van der Waals surface area contributed by atoms with Crippen molar-refractivity contribution in [1.82, 2.24) is 15.6 Å². The zero-order valence-corrected chi connectivity index (χ0v) is 16.0. The molecular formula is C22H24FN3O3. The minimum absolute atomic E-state index is 0.155. The van der Waals surface area contributed by atoms with Crippen molar-refractivity contribution in [2.24, 2.45) is 5.92 Å². The second-order valence-corrected chi connectivity index (χ2v) is 8.71. The molecule has 4 N–H and O–H groups in total. The van der Waals surface area contributed by atoms with Crippen LogP contribution in [-0.4, -0.2) is 40.6 Å². The molecule has 6 rings (SSSR count). The predicted octanol–water partition coefficient (Wildman–Crippen LogP) is 1.78. The van der Waals surface area contributed by atoms with Crippen LogP contribution in [-0.2, 0) is 21.4 Å². The number of aromatic nitrogens is 1. The van der Waals surface area contributed by atoms with Crippen LogP contribution in [0.15, 0.2) is 30.3 Å². The van der Waals surface area contributed by atoms with Gasteiger partial charge in [0.15, 0.2) is 0 Å². The second kappa shape index (κ2) is 6.69. The number of rotatable bonds is 6. The Bertz CT molecular complexity index is 951. The highest BCUT2D eigenvalue weighted by molar-refractivity contribution is 5.90. The Balaban J connectivity index is 1.33. The Labute approximate surface area is 167 Å². The Morgan fingerprint density at radius 2 is 1.97 bits per heavy atom. The average Bonchev–Trinajstić information content (AvgIpc) is 3.17. The van der Waals surface area contributed by atoms with Gasteiger partial charge in [0, 0.05) is 29.8 Å². The molecule has 0 spiro atoms. The highest BCUT2D eigenvalue weighted by Crippen LogP contribution is 2.65. The van der Waals surface area contributed by atoms with Gasteiger partial charge in [-0.15, -0.1) is 0 Å². The summed E-state index contributed by atoms with van der Waals surface area (Å²) in [6.45, 7) is 0.155. The number of aliphatic hydroxyl groups is 1. The SMILES string of the molecule is O=C(CCc1cc(C23CC(C2)C3)[nH]c1-c1ccc(F)cc1)N[C@@H]1C(=O)NC[C@H]1O. The molecule has 2 heterocycles. The predicted molar refractivity (Wildman–Crippen MR) is 104 cm³/mol. The van der Waals surface area contributed by atoms with Crippen molar-refractivity contribution in [3.63, 3.8) is 0 Å². The summed E-state index contributed by atoms with van der Waals surface area (Å²) < 4.78 is 13.4. The molecule has 1 aromatic carbocycles. The van der Waals surface area contributed by atoms with E-state index in [1.165, 1.54) is 37.1 Å². The molecule has 2 atom stereocenters. The molecule has 0 radical (unpaired) electrons. The molecule has 1 aliphatic heterocycles. The van der Waals surface area contributed by atoms with Gasteiger partial charge in [-0.3, -0.25) is 9.59 Å². The third-order valence-corrected chi connectivity index (χ3v) is 6.73. The van der Waals surface area contributed by atoms with Gasteiger partial charge in [-0.25, -0.2) is 4.39 Å². The molecule has 1 saturated heterocycles. The van der Waals surface area contributed by atoms with Crippen LogP contribution < -0.4 is 10.6 Å². The van der Waals surface area contributed by atoms with Gasteiger partial charge in [0.05, 0.1) is 0 Å². The monoisotopic (exact) mass is 397 g/mol. The maximum absolute atomic E-state index is 13.4. The molecule has 2 aromatic rings. The number of nitrogens with one attached hydrogen (secondary N) is 3. The van der Waals surface area contributed by atoms with Gasteiger partial charge in [-0.05, 0) is 73.1 Å². The Kier molecular flexibility index (Phi) is 4.24. The summed E-state index contributed by atoms with van der Waals surface area (Å²) >= 11 is 0. The Morgan fingerprint density at radius 1 is 1.24 bits per heavy atom. The molecule has 3 saturated carbocycles. The lowest BCUT2D eigenvalue weighted by molar-refractivity contribution is -0.128. The van der Waals surface area contributed by atoms with Crippen molar-refractivity contribution in [2.75, 3.05) is 6.54 Å². The van der Waals surface area contributed by atoms with Crippen LogP contribution in [0.25, 0.3) is 11.3 Å². The number of carbonyl (C=O) groups excluding carboxylic acids is 2. The van der Waals surface area contributed by atoms with E-state index in [-0.39, 0.29) is 36.0 Å². The van der Waals surface area contributed by atoms with Crippen molar-refractivity contribution in [2.45, 2.75) is 49.7 Å². The number of β-amino-alcohol motifs (C(OH)–C–C–N with tert-alkyl or cyclic N) is 1. The third kappa shape index (κ3) is 3.13. The lowest BCUT2D eigenvalue weighted by atomic mass is 9.43. The lowest BCUT2D eigenvalue weighted by Crippen LogP contribution is -2.55. The minimum atomic E-state index is -0.899. The number of aromatic amines is 1.